The van der Waals surface area contributed by atoms with Gasteiger partial charge in [0, 0.05) is 6.07 Å². The summed E-state index contributed by atoms with van der Waals surface area (Å²) in [6.45, 7) is 0. The number of nitro groups is 2. The van der Waals surface area contributed by atoms with E-state index < -0.39 is 57.1 Å². The molecule has 4 atom stereocenters. The molecule has 25 heavy (non-hydrogen) atoms. The highest BCUT2D eigenvalue weighted by atomic mass is 16.6. The standard InChI is InChI=1S/C14H10N4O7/c19-13-11-9-3-4-10(25-9)12(11)14(20)16(13)15-7-2-1-6(17(21)22)5-8(7)18(23)24/h1-5,9-12,15H/t9-,10-,11+,12+/m1/s1. The third-order valence-corrected chi connectivity index (χ3v) is 4.53. The van der Waals surface area contributed by atoms with Crippen molar-refractivity contribution >= 4 is 28.9 Å². The summed E-state index contributed by atoms with van der Waals surface area (Å²) in [5.74, 6) is -2.40. The molecule has 11 heteroatoms. The number of rotatable bonds is 4. The molecule has 0 radical (unpaired) electrons. The minimum Gasteiger partial charge on any atom is -0.365 e. The summed E-state index contributed by atoms with van der Waals surface area (Å²) in [7, 11) is 0. The Hall–Kier alpha value is -3.34. The molecule has 128 valence electrons. The number of hydrogen-bond acceptors (Lipinski definition) is 8. The lowest BCUT2D eigenvalue weighted by molar-refractivity contribution is -0.393. The molecule has 2 bridgehead atoms. The Morgan fingerprint density at radius 3 is 2.12 bits per heavy atom. The number of carbonyl (C=O) groups excluding carboxylic acids is 2. The minimum absolute atomic E-state index is 0.182. The number of carbonyl (C=O) groups is 2. The van der Waals surface area contributed by atoms with E-state index in [-0.39, 0.29) is 5.69 Å². The largest absolute Gasteiger partial charge is 0.365 e. The highest BCUT2D eigenvalue weighted by Gasteiger charge is 2.61. The second-order valence-electron chi connectivity index (χ2n) is 5.84. The smallest absolute Gasteiger partial charge is 0.300 e. The van der Waals surface area contributed by atoms with Crippen molar-refractivity contribution in [3.8, 4) is 0 Å². The monoisotopic (exact) mass is 346 g/mol. The average Bonchev–Trinajstić information content (AvgIpc) is 3.24. The molecule has 0 saturated carbocycles. The Bertz CT molecular complexity index is 837. The molecule has 11 nitrogen and oxygen atoms in total. The summed E-state index contributed by atoms with van der Waals surface area (Å²) in [5, 5.41) is 22.7. The summed E-state index contributed by atoms with van der Waals surface area (Å²) < 4.78 is 5.49. The van der Waals surface area contributed by atoms with E-state index in [4.69, 9.17) is 4.74 Å². The van der Waals surface area contributed by atoms with Crippen LogP contribution in [0.3, 0.4) is 0 Å². The fraction of sp³-hybridized carbons (Fsp3) is 0.286. The molecule has 1 aromatic rings. The Labute approximate surface area is 139 Å². The van der Waals surface area contributed by atoms with Gasteiger partial charge in [0.05, 0.1) is 40.0 Å². The zero-order chi connectivity index (χ0) is 17.9. The van der Waals surface area contributed by atoms with Crippen LogP contribution in [0.25, 0.3) is 0 Å². The van der Waals surface area contributed by atoms with Crippen LogP contribution in [0.1, 0.15) is 0 Å². The zero-order valence-corrected chi connectivity index (χ0v) is 12.4. The van der Waals surface area contributed by atoms with E-state index in [1.165, 1.54) is 0 Å². The van der Waals surface area contributed by atoms with Gasteiger partial charge in [0.1, 0.15) is 5.69 Å². The SMILES string of the molecule is O=C1[C@@H]2[C@@H](C(=O)N1Nc1ccc([N+](=O)[O-])cc1[N+](=O)[O-])[C@H]1C=C[C@H]2O1. The van der Waals surface area contributed by atoms with Gasteiger partial charge in [-0.05, 0) is 6.07 Å². The van der Waals surface area contributed by atoms with E-state index >= 15 is 0 Å². The van der Waals surface area contributed by atoms with Crippen molar-refractivity contribution in [3.63, 3.8) is 0 Å². The molecule has 0 aromatic heterocycles. The zero-order valence-electron chi connectivity index (χ0n) is 12.4. The highest BCUT2D eigenvalue weighted by Crippen LogP contribution is 2.45. The van der Waals surface area contributed by atoms with Crippen LogP contribution >= 0.6 is 0 Å². The van der Waals surface area contributed by atoms with Gasteiger partial charge in [-0.2, -0.15) is 5.01 Å². The summed E-state index contributed by atoms with van der Waals surface area (Å²) in [6, 6.07) is 2.91. The number of nitro benzene ring substituents is 2. The number of anilines is 1. The Kier molecular flexibility index (Phi) is 3.09. The Morgan fingerprint density at radius 1 is 1.00 bits per heavy atom. The first kappa shape index (κ1) is 15.2. The molecule has 1 N–H and O–H groups in total. The van der Waals surface area contributed by atoms with E-state index in [9.17, 15) is 29.8 Å². The predicted octanol–water partition coefficient (Wildman–Crippen LogP) is 0.768. The van der Waals surface area contributed by atoms with E-state index in [1.54, 1.807) is 12.2 Å². The molecule has 3 aliphatic heterocycles. The molecule has 4 rings (SSSR count). The van der Waals surface area contributed by atoms with Gasteiger partial charge in [0.2, 0.25) is 0 Å². The predicted molar refractivity (Wildman–Crippen MR) is 80.0 cm³/mol. The van der Waals surface area contributed by atoms with Crippen LogP contribution < -0.4 is 5.43 Å². The van der Waals surface area contributed by atoms with Gasteiger partial charge in [0.25, 0.3) is 17.5 Å². The Balaban J connectivity index is 1.65. The molecule has 3 aliphatic rings. The number of nitrogens with one attached hydrogen (secondary N) is 1. The van der Waals surface area contributed by atoms with Crippen LogP contribution in [0.4, 0.5) is 17.1 Å². The van der Waals surface area contributed by atoms with Gasteiger partial charge >= 0.3 is 5.69 Å². The minimum atomic E-state index is -0.824. The van der Waals surface area contributed by atoms with E-state index in [0.717, 1.165) is 23.2 Å². The summed E-state index contributed by atoms with van der Waals surface area (Å²) >= 11 is 0. The molecule has 2 amide bonds. The summed E-state index contributed by atoms with van der Waals surface area (Å²) in [5.41, 5.74) is 1.18. The molecule has 0 aliphatic carbocycles. The number of benzene rings is 1. The van der Waals surface area contributed by atoms with Gasteiger partial charge in [-0.3, -0.25) is 35.2 Å². The molecular formula is C14H10N4O7. The molecule has 0 unspecified atom stereocenters. The summed E-state index contributed by atoms with van der Waals surface area (Å²) in [6.07, 6.45) is 2.47. The Morgan fingerprint density at radius 2 is 1.60 bits per heavy atom. The molecule has 1 aromatic carbocycles. The fourth-order valence-corrected chi connectivity index (χ4v) is 3.41. The normalized spacial score (nSPS) is 29.2. The number of imide groups is 1. The van der Waals surface area contributed by atoms with Crippen molar-refractivity contribution in [3.05, 3.63) is 50.6 Å². The van der Waals surface area contributed by atoms with Crippen LogP contribution in [-0.2, 0) is 14.3 Å². The number of hydrazine groups is 1. The van der Waals surface area contributed by atoms with Crippen molar-refractivity contribution in [1.82, 2.24) is 5.01 Å². The van der Waals surface area contributed by atoms with Crippen molar-refractivity contribution in [1.29, 1.82) is 0 Å². The topological polar surface area (TPSA) is 145 Å². The molecule has 2 fully saturated rings. The molecule has 2 saturated heterocycles. The van der Waals surface area contributed by atoms with Gasteiger partial charge in [-0.15, -0.1) is 0 Å². The fourth-order valence-electron chi connectivity index (χ4n) is 3.41. The maximum absolute atomic E-state index is 12.5. The number of nitrogens with zero attached hydrogens (tertiary/aromatic N) is 3. The number of amides is 2. The molecule has 0 spiro atoms. The number of non-ortho nitro benzene ring substituents is 1. The van der Waals surface area contributed by atoms with E-state index in [0.29, 0.717) is 0 Å². The van der Waals surface area contributed by atoms with Gasteiger partial charge in [0.15, 0.2) is 0 Å². The number of hydrogen-bond donors (Lipinski definition) is 1. The van der Waals surface area contributed by atoms with Crippen molar-refractivity contribution < 1.29 is 24.2 Å². The first-order valence-corrected chi connectivity index (χ1v) is 7.29. The van der Waals surface area contributed by atoms with Gasteiger partial charge in [-0.1, -0.05) is 12.2 Å². The lowest BCUT2D eigenvalue weighted by Crippen LogP contribution is -2.39. The quantitative estimate of drug-likeness (QED) is 0.364. The van der Waals surface area contributed by atoms with E-state index in [1.807, 2.05) is 0 Å². The van der Waals surface area contributed by atoms with Crippen molar-refractivity contribution in [2.75, 3.05) is 5.43 Å². The van der Waals surface area contributed by atoms with Gasteiger partial charge < -0.3 is 4.74 Å². The number of fused-ring (bicyclic) bond motifs is 5. The second kappa shape index (κ2) is 5.08. The maximum atomic E-state index is 12.5. The second-order valence-corrected chi connectivity index (χ2v) is 5.84. The van der Waals surface area contributed by atoms with Crippen LogP contribution in [0.5, 0.6) is 0 Å². The average molecular weight is 346 g/mol. The van der Waals surface area contributed by atoms with E-state index in [2.05, 4.69) is 5.43 Å². The maximum Gasteiger partial charge on any atom is 0.300 e. The van der Waals surface area contributed by atoms with Crippen LogP contribution in [-0.4, -0.2) is 38.9 Å². The summed E-state index contributed by atoms with van der Waals surface area (Å²) in [4.78, 5) is 45.3. The third-order valence-electron chi connectivity index (χ3n) is 4.53. The lowest BCUT2D eigenvalue weighted by Gasteiger charge is -2.19. The van der Waals surface area contributed by atoms with Gasteiger partial charge in [-0.25, -0.2) is 0 Å². The lowest BCUT2D eigenvalue weighted by atomic mass is 9.85. The first-order chi connectivity index (χ1) is 11.9. The molecule has 3 heterocycles. The molecular weight excluding hydrogens is 336 g/mol. The van der Waals surface area contributed by atoms with Crippen molar-refractivity contribution in [2.24, 2.45) is 11.8 Å². The first-order valence-electron chi connectivity index (χ1n) is 7.29. The van der Waals surface area contributed by atoms with Crippen LogP contribution in [0, 0.1) is 32.1 Å². The third kappa shape index (κ3) is 2.09. The number of ether oxygens (including phenoxy) is 1. The highest BCUT2D eigenvalue weighted by molar-refractivity contribution is 6.07. The van der Waals surface area contributed by atoms with Crippen LogP contribution in [0.15, 0.2) is 30.4 Å². The van der Waals surface area contributed by atoms with Crippen molar-refractivity contribution in [2.45, 2.75) is 12.2 Å². The van der Waals surface area contributed by atoms with Crippen LogP contribution in [0.2, 0.25) is 0 Å².